The number of rotatable bonds is 7. The zero-order valence-corrected chi connectivity index (χ0v) is 12.2. The lowest BCUT2D eigenvalue weighted by Gasteiger charge is -2.04. The van der Waals surface area contributed by atoms with Crippen molar-refractivity contribution in [3.63, 3.8) is 0 Å². The maximum Gasteiger partial charge on any atom is 0.324 e. The number of carbonyl (C=O) groups is 1. The van der Waals surface area contributed by atoms with Gasteiger partial charge in [0.2, 0.25) is 0 Å². The normalized spacial score (nSPS) is 10.1. The zero-order chi connectivity index (χ0) is 13.2. The van der Waals surface area contributed by atoms with Gasteiger partial charge in [-0.05, 0) is 42.7 Å². The van der Waals surface area contributed by atoms with E-state index in [4.69, 9.17) is 0 Å². The number of aromatic nitrogens is 2. The molecule has 0 radical (unpaired) electrons. The SMILES string of the molecule is CNC(=O)NSCCCSCc1cnnc(C)c1. The van der Waals surface area contributed by atoms with Crippen LogP contribution in [0.4, 0.5) is 4.79 Å². The van der Waals surface area contributed by atoms with Gasteiger partial charge in [0, 0.05) is 18.6 Å². The second kappa shape index (κ2) is 9.04. The van der Waals surface area contributed by atoms with E-state index in [1.54, 1.807) is 7.05 Å². The van der Waals surface area contributed by atoms with E-state index in [1.165, 1.54) is 17.5 Å². The second-order valence-corrected chi connectivity index (χ2v) is 5.65. The standard InChI is InChI=1S/C11H18N4OS2/c1-9-6-10(7-13-14-9)8-17-4-3-5-18-15-11(16)12-2/h6-7H,3-5,8H2,1-2H3,(H2,12,15,16). The van der Waals surface area contributed by atoms with Crippen molar-refractivity contribution >= 4 is 29.7 Å². The predicted molar refractivity (Wildman–Crippen MR) is 77.6 cm³/mol. The van der Waals surface area contributed by atoms with Crippen molar-refractivity contribution in [1.82, 2.24) is 20.2 Å². The van der Waals surface area contributed by atoms with Crippen LogP contribution in [0.25, 0.3) is 0 Å². The quantitative estimate of drug-likeness (QED) is 0.592. The summed E-state index contributed by atoms with van der Waals surface area (Å²) in [5.41, 5.74) is 2.17. The topological polar surface area (TPSA) is 66.9 Å². The summed E-state index contributed by atoms with van der Waals surface area (Å²) in [5.74, 6) is 2.96. The molecule has 2 N–H and O–H groups in total. The maximum atomic E-state index is 10.9. The molecule has 0 saturated carbocycles. The smallest absolute Gasteiger partial charge is 0.324 e. The number of nitrogens with zero attached hydrogens (tertiary/aromatic N) is 2. The number of nitrogens with one attached hydrogen (secondary N) is 2. The first-order valence-corrected chi connectivity index (χ1v) is 7.82. The summed E-state index contributed by atoms with van der Waals surface area (Å²) >= 11 is 3.31. The molecule has 0 saturated heterocycles. The van der Waals surface area contributed by atoms with Gasteiger partial charge in [0.1, 0.15) is 0 Å². The molecule has 0 spiro atoms. The van der Waals surface area contributed by atoms with E-state index in [0.717, 1.165) is 29.4 Å². The Morgan fingerprint density at radius 3 is 3.00 bits per heavy atom. The number of thioether (sulfide) groups is 1. The van der Waals surface area contributed by atoms with Gasteiger partial charge in [-0.15, -0.1) is 0 Å². The van der Waals surface area contributed by atoms with E-state index < -0.39 is 0 Å². The van der Waals surface area contributed by atoms with Crippen LogP contribution in [0.3, 0.4) is 0 Å². The molecule has 0 aliphatic carbocycles. The van der Waals surface area contributed by atoms with Crippen LogP contribution in [-0.2, 0) is 5.75 Å². The Kier molecular flexibility index (Phi) is 7.59. The molecule has 7 heteroatoms. The first kappa shape index (κ1) is 15.1. The molecule has 1 rings (SSSR count). The van der Waals surface area contributed by atoms with Gasteiger partial charge in [0.25, 0.3) is 0 Å². The van der Waals surface area contributed by atoms with E-state index in [0.29, 0.717) is 0 Å². The second-order valence-electron chi connectivity index (χ2n) is 3.64. The Labute approximate surface area is 116 Å². The Morgan fingerprint density at radius 1 is 1.44 bits per heavy atom. The molecule has 0 aliphatic heterocycles. The molecular weight excluding hydrogens is 268 g/mol. The average Bonchev–Trinajstić information content (AvgIpc) is 2.37. The van der Waals surface area contributed by atoms with Crippen LogP contribution < -0.4 is 10.0 Å². The van der Waals surface area contributed by atoms with Crippen LogP contribution in [0.1, 0.15) is 17.7 Å². The van der Waals surface area contributed by atoms with Crippen molar-refractivity contribution in [3.05, 3.63) is 23.5 Å². The van der Waals surface area contributed by atoms with Crippen LogP contribution in [0.15, 0.2) is 12.3 Å². The van der Waals surface area contributed by atoms with E-state index in [-0.39, 0.29) is 6.03 Å². The van der Waals surface area contributed by atoms with Crippen LogP contribution in [0.5, 0.6) is 0 Å². The number of urea groups is 1. The van der Waals surface area contributed by atoms with Crippen molar-refractivity contribution in [2.24, 2.45) is 0 Å². The van der Waals surface area contributed by atoms with Crippen molar-refractivity contribution < 1.29 is 4.79 Å². The number of aryl methyl sites for hydroxylation is 1. The van der Waals surface area contributed by atoms with Crippen molar-refractivity contribution in [2.75, 3.05) is 18.6 Å². The highest BCUT2D eigenvalue weighted by Crippen LogP contribution is 2.13. The fraction of sp³-hybridized carbons (Fsp3) is 0.545. The minimum absolute atomic E-state index is 0.147. The van der Waals surface area contributed by atoms with Crippen molar-refractivity contribution in [1.29, 1.82) is 0 Å². The summed E-state index contributed by atoms with van der Waals surface area (Å²) in [4.78, 5) is 10.9. The van der Waals surface area contributed by atoms with Gasteiger partial charge in [0.15, 0.2) is 0 Å². The third kappa shape index (κ3) is 6.70. The molecule has 1 heterocycles. The third-order valence-electron chi connectivity index (χ3n) is 2.03. The van der Waals surface area contributed by atoms with Gasteiger partial charge in [-0.25, -0.2) is 4.79 Å². The molecule has 18 heavy (non-hydrogen) atoms. The Hall–Kier alpha value is -0.950. The predicted octanol–water partition coefficient (Wildman–Crippen LogP) is 1.99. The third-order valence-corrected chi connectivity index (χ3v) is 3.97. The maximum absolute atomic E-state index is 10.9. The van der Waals surface area contributed by atoms with Crippen molar-refractivity contribution in [3.8, 4) is 0 Å². The molecule has 1 aromatic heterocycles. The van der Waals surface area contributed by atoms with E-state index in [9.17, 15) is 4.79 Å². The molecular formula is C11H18N4OS2. The Bertz CT molecular complexity index is 376. The van der Waals surface area contributed by atoms with E-state index in [1.807, 2.05) is 24.9 Å². The lowest BCUT2D eigenvalue weighted by atomic mass is 10.3. The lowest BCUT2D eigenvalue weighted by molar-refractivity contribution is 0.248. The minimum Gasteiger partial charge on any atom is -0.341 e. The van der Waals surface area contributed by atoms with Gasteiger partial charge >= 0.3 is 6.03 Å². The highest BCUT2D eigenvalue weighted by molar-refractivity contribution is 7.99. The zero-order valence-electron chi connectivity index (χ0n) is 10.6. The molecule has 1 aromatic rings. The highest BCUT2D eigenvalue weighted by Gasteiger charge is 1.98. The molecule has 100 valence electrons. The molecule has 0 atom stereocenters. The summed E-state index contributed by atoms with van der Waals surface area (Å²) in [6, 6.07) is 1.91. The lowest BCUT2D eigenvalue weighted by Crippen LogP contribution is -2.27. The fourth-order valence-corrected chi connectivity index (χ4v) is 2.89. The van der Waals surface area contributed by atoms with Gasteiger partial charge in [-0.1, -0.05) is 0 Å². The van der Waals surface area contributed by atoms with Crippen LogP contribution in [0, 0.1) is 6.92 Å². The molecule has 2 amide bonds. The number of hydrogen-bond donors (Lipinski definition) is 2. The van der Waals surface area contributed by atoms with Gasteiger partial charge < -0.3 is 5.32 Å². The van der Waals surface area contributed by atoms with Crippen LogP contribution >= 0.6 is 23.7 Å². The monoisotopic (exact) mass is 286 g/mol. The summed E-state index contributed by atoms with van der Waals surface area (Å²) in [7, 11) is 1.61. The molecule has 5 nitrogen and oxygen atoms in total. The average molecular weight is 286 g/mol. The molecule has 0 unspecified atom stereocenters. The van der Waals surface area contributed by atoms with E-state index >= 15 is 0 Å². The number of amides is 2. The Balaban J connectivity index is 2.00. The molecule has 0 bridgehead atoms. The highest BCUT2D eigenvalue weighted by atomic mass is 32.2. The summed E-state index contributed by atoms with van der Waals surface area (Å²) in [6.45, 7) is 1.95. The van der Waals surface area contributed by atoms with Gasteiger partial charge in [-0.2, -0.15) is 22.0 Å². The minimum atomic E-state index is -0.147. The molecule has 0 fully saturated rings. The number of hydrogen-bond acceptors (Lipinski definition) is 5. The van der Waals surface area contributed by atoms with Gasteiger partial charge in [0.05, 0.1) is 11.9 Å². The molecule has 0 aromatic carbocycles. The van der Waals surface area contributed by atoms with E-state index in [2.05, 4.69) is 26.3 Å². The fourth-order valence-electron chi connectivity index (χ4n) is 1.20. The summed E-state index contributed by atoms with van der Waals surface area (Å²) in [6.07, 6.45) is 2.87. The van der Waals surface area contributed by atoms with Crippen molar-refractivity contribution in [2.45, 2.75) is 19.1 Å². The van der Waals surface area contributed by atoms with Crippen LogP contribution in [-0.4, -0.2) is 34.8 Å². The molecule has 0 aliphatic rings. The van der Waals surface area contributed by atoms with Gasteiger partial charge in [-0.3, -0.25) is 4.72 Å². The number of carbonyl (C=O) groups excluding carboxylic acids is 1. The van der Waals surface area contributed by atoms with Crippen LogP contribution in [0.2, 0.25) is 0 Å². The summed E-state index contributed by atoms with van der Waals surface area (Å²) in [5, 5.41) is 10.3. The first-order valence-electron chi connectivity index (χ1n) is 5.68. The largest absolute Gasteiger partial charge is 0.341 e. The first-order chi connectivity index (χ1) is 8.72. The summed E-state index contributed by atoms with van der Waals surface area (Å²) < 4.78 is 2.69. The Morgan fingerprint density at radius 2 is 2.28 bits per heavy atom.